The third kappa shape index (κ3) is 5.16. The quantitative estimate of drug-likeness (QED) is 0.169. The van der Waals surface area contributed by atoms with Crippen LogP contribution in [0, 0.1) is 0 Å². The second-order valence-corrected chi connectivity index (χ2v) is 10.1. The molecule has 10 atom stereocenters. The van der Waals surface area contributed by atoms with Gasteiger partial charge in [0.05, 0.1) is 25.2 Å². The van der Waals surface area contributed by atoms with E-state index in [1.165, 1.54) is 12.1 Å². The van der Waals surface area contributed by atoms with Crippen molar-refractivity contribution >= 4 is 5.78 Å². The van der Waals surface area contributed by atoms with Gasteiger partial charge in [-0.15, -0.1) is 0 Å². The first kappa shape index (κ1) is 29.2. The van der Waals surface area contributed by atoms with Gasteiger partial charge in [0.2, 0.25) is 6.29 Å². The van der Waals surface area contributed by atoms with Crippen LogP contribution in [0.15, 0.2) is 24.3 Å². The van der Waals surface area contributed by atoms with Crippen LogP contribution in [0.2, 0.25) is 0 Å². The van der Waals surface area contributed by atoms with Crippen molar-refractivity contribution in [2.45, 2.75) is 67.6 Å². The van der Waals surface area contributed by atoms with Crippen LogP contribution in [-0.4, -0.2) is 119 Å². The number of hydrogen-bond acceptors (Lipinski definition) is 15. The molecule has 2 saturated heterocycles. The number of aliphatic hydroxyl groups excluding tert-OH is 7. The number of Topliss-reactive ketones (excluding diaryl/α,β-unsaturated/α-hetero) is 1. The van der Waals surface area contributed by atoms with E-state index >= 15 is 0 Å². The predicted octanol–water partition coefficient (Wildman–Crippen LogP) is -2.16. The van der Waals surface area contributed by atoms with E-state index in [1.54, 1.807) is 0 Å². The molecule has 3 aliphatic heterocycles. The van der Waals surface area contributed by atoms with E-state index in [0.717, 1.165) is 12.1 Å². The molecule has 15 nitrogen and oxygen atoms in total. The molecule has 10 unspecified atom stereocenters. The molecule has 3 heterocycles. The lowest BCUT2D eigenvalue weighted by atomic mass is 9.88. The molecule has 0 bridgehead atoms. The third-order valence-electron chi connectivity index (χ3n) is 7.42. The Hall–Kier alpha value is -3.25. The Morgan fingerprint density at radius 2 is 1.59 bits per heavy atom. The van der Waals surface area contributed by atoms with E-state index in [9.17, 15) is 55.9 Å². The maximum Gasteiger partial charge on any atom is 0.229 e. The first-order valence-corrected chi connectivity index (χ1v) is 12.7. The summed E-state index contributed by atoms with van der Waals surface area (Å²) in [7, 11) is 0. The number of ether oxygens (including phenoxy) is 4. The minimum Gasteiger partial charge on any atom is -0.507 e. The number of phenols is 3. The van der Waals surface area contributed by atoms with Crippen LogP contribution in [0.1, 0.15) is 40.1 Å². The van der Waals surface area contributed by atoms with E-state index in [1.807, 2.05) is 0 Å². The monoisotopic (exact) mass is 582 g/mol. The maximum atomic E-state index is 13.6. The smallest absolute Gasteiger partial charge is 0.229 e. The molecule has 15 heteroatoms. The zero-order chi connectivity index (χ0) is 29.7. The van der Waals surface area contributed by atoms with Crippen LogP contribution in [0.5, 0.6) is 28.7 Å². The highest BCUT2D eigenvalue weighted by molar-refractivity contribution is 6.03. The number of ketones is 1. The number of aliphatic hydroxyl groups is 7. The molecular formula is C26H30O15. The molecule has 2 aromatic rings. The largest absolute Gasteiger partial charge is 0.507 e. The SMILES string of the molecule is O=C1CC(c2ccc(O)c(O)c2)Oc2c1c(OC1OC(CO)C(O)C(O)C1O)cc(O)c2C1OCC(O)C(O)C1O. The number of aromatic hydroxyl groups is 3. The Labute approximate surface area is 231 Å². The number of rotatable bonds is 5. The van der Waals surface area contributed by atoms with Crippen LogP contribution in [0.3, 0.4) is 0 Å². The Morgan fingerprint density at radius 1 is 0.854 bits per heavy atom. The second-order valence-electron chi connectivity index (χ2n) is 10.1. The van der Waals surface area contributed by atoms with E-state index < -0.39 is 103 Å². The Bertz CT molecular complexity index is 1300. The summed E-state index contributed by atoms with van der Waals surface area (Å²) in [5, 5.41) is 102. The highest BCUT2D eigenvalue weighted by Gasteiger charge is 2.47. The fourth-order valence-corrected chi connectivity index (χ4v) is 5.12. The standard InChI is InChI=1S/C26H30O15/c27-6-16-20(34)21(35)23(37)26(41-16)40-15-5-12(31)18(25-22(36)19(33)13(32)7-38-25)24-17(15)11(30)4-14(39-24)8-1-2-9(28)10(29)3-8/h1-3,5,13-14,16,19-23,25-29,31-37H,4,6-7H2. The summed E-state index contributed by atoms with van der Waals surface area (Å²) < 4.78 is 22.6. The third-order valence-corrected chi connectivity index (χ3v) is 7.42. The lowest BCUT2D eigenvalue weighted by molar-refractivity contribution is -0.277. The number of phenolic OH excluding ortho intramolecular Hbond substituents is 3. The fourth-order valence-electron chi connectivity index (χ4n) is 5.12. The van der Waals surface area contributed by atoms with Gasteiger partial charge in [-0.2, -0.15) is 0 Å². The van der Waals surface area contributed by atoms with E-state index in [-0.39, 0.29) is 28.9 Å². The molecule has 3 aliphatic rings. The van der Waals surface area contributed by atoms with Crippen LogP contribution >= 0.6 is 0 Å². The molecule has 0 aromatic heterocycles. The van der Waals surface area contributed by atoms with Gasteiger partial charge >= 0.3 is 0 Å². The van der Waals surface area contributed by atoms with E-state index in [2.05, 4.69) is 0 Å². The minimum absolute atomic E-state index is 0.255. The number of hydrogen-bond donors (Lipinski definition) is 10. The van der Waals surface area contributed by atoms with Gasteiger partial charge in [-0.25, -0.2) is 0 Å². The summed E-state index contributed by atoms with van der Waals surface area (Å²) in [6, 6.07) is 4.67. The summed E-state index contributed by atoms with van der Waals surface area (Å²) in [5.41, 5.74) is -0.323. The van der Waals surface area contributed by atoms with Crippen LogP contribution in [-0.2, 0) is 9.47 Å². The van der Waals surface area contributed by atoms with Gasteiger partial charge < -0.3 is 70.0 Å². The highest BCUT2D eigenvalue weighted by Crippen LogP contribution is 2.51. The Morgan fingerprint density at radius 3 is 2.27 bits per heavy atom. The summed E-state index contributed by atoms with van der Waals surface area (Å²) in [5.74, 6) is -2.96. The van der Waals surface area contributed by atoms with Gasteiger partial charge in [-0.05, 0) is 17.7 Å². The molecular weight excluding hydrogens is 552 g/mol. The molecule has 2 aromatic carbocycles. The van der Waals surface area contributed by atoms with Gasteiger partial charge in [-0.3, -0.25) is 4.79 Å². The van der Waals surface area contributed by atoms with Gasteiger partial charge in [-0.1, -0.05) is 6.07 Å². The van der Waals surface area contributed by atoms with Crippen molar-refractivity contribution in [2.75, 3.05) is 13.2 Å². The Kier molecular flexibility index (Phi) is 7.99. The molecule has 5 rings (SSSR count). The van der Waals surface area contributed by atoms with Gasteiger partial charge in [0.25, 0.3) is 0 Å². The number of carbonyl (C=O) groups excluding carboxylic acids is 1. The molecule has 41 heavy (non-hydrogen) atoms. The molecule has 224 valence electrons. The van der Waals surface area contributed by atoms with Crippen molar-refractivity contribution in [3.63, 3.8) is 0 Å². The average molecular weight is 583 g/mol. The summed E-state index contributed by atoms with van der Waals surface area (Å²) in [4.78, 5) is 13.6. The molecule has 0 amide bonds. The van der Waals surface area contributed by atoms with Crippen molar-refractivity contribution in [3.8, 4) is 28.7 Å². The van der Waals surface area contributed by atoms with E-state index in [4.69, 9.17) is 18.9 Å². The molecule has 2 fully saturated rings. The first-order valence-electron chi connectivity index (χ1n) is 12.7. The van der Waals surface area contributed by atoms with Gasteiger partial charge in [0, 0.05) is 6.07 Å². The average Bonchev–Trinajstić information content (AvgIpc) is 2.94. The van der Waals surface area contributed by atoms with Crippen molar-refractivity contribution in [1.29, 1.82) is 0 Å². The second kappa shape index (κ2) is 11.2. The molecule has 10 N–H and O–H groups in total. The maximum absolute atomic E-state index is 13.6. The highest BCUT2D eigenvalue weighted by atomic mass is 16.7. The lowest BCUT2D eigenvalue weighted by Crippen LogP contribution is -2.60. The first-order chi connectivity index (χ1) is 19.4. The van der Waals surface area contributed by atoms with Crippen molar-refractivity contribution in [3.05, 3.63) is 41.0 Å². The fraction of sp³-hybridized carbons (Fsp3) is 0.500. The van der Waals surface area contributed by atoms with Crippen molar-refractivity contribution in [2.24, 2.45) is 0 Å². The summed E-state index contributed by atoms with van der Waals surface area (Å²) in [6.45, 7) is -1.19. The molecule has 0 radical (unpaired) electrons. The zero-order valence-electron chi connectivity index (χ0n) is 21.2. The molecule has 0 spiro atoms. The lowest BCUT2D eigenvalue weighted by Gasteiger charge is -2.40. The number of fused-ring (bicyclic) bond motifs is 1. The van der Waals surface area contributed by atoms with Crippen LogP contribution < -0.4 is 9.47 Å². The predicted molar refractivity (Wildman–Crippen MR) is 131 cm³/mol. The topological polar surface area (TPSA) is 256 Å². The number of carbonyl (C=O) groups is 1. The van der Waals surface area contributed by atoms with Crippen molar-refractivity contribution < 1.29 is 74.8 Å². The normalized spacial score (nSPS) is 35.4. The summed E-state index contributed by atoms with van der Waals surface area (Å²) >= 11 is 0. The Balaban J connectivity index is 1.60. The summed E-state index contributed by atoms with van der Waals surface area (Å²) in [6.07, 6.45) is -16.2. The van der Waals surface area contributed by atoms with E-state index in [0.29, 0.717) is 0 Å². The van der Waals surface area contributed by atoms with Crippen LogP contribution in [0.4, 0.5) is 0 Å². The minimum atomic E-state index is -1.85. The molecule has 0 aliphatic carbocycles. The molecule has 0 saturated carbocycles. The van der Waals surface area contributed by atoms with Gasteiger partial charge in [0.15, 0.2) is 17.3 Å². The van der Waals surface area contributed by atoms with Crippen molar-refractivity contribution in [1.82, 2.24) is 0 Å². The number of benzene rings is 2. The van der Waals surface area contributed by atoms with Gasteiger partial charge in [0.1, 0.15) is 77.7 Å². The van der Waals surface area contributed by atoms with Crippen LogP contribution in [0.25, 0.3) is 0 Å². The zero-order valence-corrected chi connectivity index (χ0v) is 21.2.